The molecule has 0 saturated heterocycles. The number of hydrogen-bond donors (Lipinski definition) is 2. The third-order valence-corrected chi connectivity index (χ3v) is 8.96. The third kappa shape index (κ3) is 6.13. The summed E-state index contributed by atoms with van der Waals surface area (Å²) in [5.74, 6) is -0.514. The van der Waals surface area contributed by atoms with Crippen LogP contribution in [0.4, 0.5) is 10.8 Å². The summed E-state index contributed by atoms with van der Waals surface area (Å²) in [4.78, 5) is 27.8. The number of Topliss-reactive ketones (excluding diaryl/α,β-unsaturated/α-hetero) is 1. The fourth-order valence-electron chi connectivity index (χ4n) is 5.04. The van der Waals surface area contributed by atoms with Gasteiger partial charge >= 0.3 is 0 Å². The quantitative estimate of drug-likeness (QED) is 0.333. The summed E-state index contributed by atoms with van der Waals surface area (Å²) in [5, 5.41) is 31.0. The molecule has 1 aliphatic carbocycles. The molecule has 2 heterocycles. The molecular weight excluding hydrogens is 567 g/mol. The Morgan fingerprint density at radius 1 is 1.14 bits per heavy atom. The minimum absolute atomic E-state index is 0.0206. The maximum atomic E-state index is 13.6. The monoisotopic (exact) mass is 593 g/mol. The number of aromatic nitrogens is 2. The number of carbonyl (C=O) groups excluding carboxylic acids is 2. The number of nitriles is 2. The van der Waals surface area contributed by atoms with Crippen molar-refractivity contribution in [2.45, 2.75) is 31.0 Å². The maximum absolute atomic E-state index is 13.6. The van der Waals surface area contributed by atoms with Crippen LogP contribution in [0.3, 0.4) is 0 Å². The van der Waals surface area contributed by atoms with Crippen LogP contribution in [-0.4, -0.2) is 27.6 Å². The van der Waals surface area contributed by atoms with Gasteiger partial charge in [-0.15, -0.1) is 10.2 Å². The second-order valence-corrected chi connectivity index (χ2v) is 12.8. The van der Waals surface area contributed by atoms with Gasteiger partial charge in [0.15, 0.2) is 10.1 Å². The first-order chi connectivity index (χ1) is 20.2. The van der Waals surface area contributed by atoms with Gasteiger partial charge in [-0.25, -0.2) is 0 Å². The maximum Gasteiger partial charge on any atom is 0.234 e. The highest BCUT2D eigenvalue weighted by atomic mass is 32.2. The Kier molecular flexibility index (Phi) is 8.25. The lowest BCUT2D eigenvalue weighted by atomic mass is 9.70. The summed E-state index contributed by atoms with van der Waals surface area (Å²) in [6.45, 7) is 4.07. The van der Waals surface area contributed by atoms with Crippen LogP contribution in [0.1, 0.15) is 37.8 Å². The van der Waals surface area contributed by atoms with Crippen molar-refractivity contribution in [2.24, 2.45) is 17.1 Å². The van der Waals surface area contributed by atoms with Crippen molar-refractivity contribution in [2.75, 3.05) is 16.0 Å². The molecule has 11 heteroatoms. The summed E-state index contributed by atoms with van der Waals surface area (Å²) in [6.07, 6.45) is 4.71. The summed E-state index contributed by atoms with van der Waals surface area (Å²) < 4.78 is 0.543. The number of hydrogen-bond acceptors (Lipinski definition) is 10. The smallest absolute Gasteiger partial charge is 0.234 e. The van der Waals surface area contributed by atoms with Gasteiger partial charge in [-0.05, 0) is 41.7 Å². The molecule has 0 bridgehead atoms. The third-order valence-electron chi connectivity index (χ3n) is 6.92. The van der Waals surface area contributed by atoms with Crippen LogP contribution in [0.5, 0.6) is 0 Å². The number of nitrogens with one attached hydrogen (secondary N) is 1. The molecule has 0 radical (unpaired) electrons. The first-order valence-electron chi connectivity index (χ1n) is 13.1. The molecule has 0 fully saturated rings. The number of nitrogens with zero attached hydrogens (tertiary/aromatic N) is 5. The fourth-order valence-corrected chi connectivity index (χ4v) is 6.72. The van der Waals surface area contributed by atoms with E-state index in [0.29, 0.717) is 39.1 Å². The lowest BCUT2D eigenvalue weighted by Crippen LogP contribution is -2.42. The number of anilines is 2. The van der Waals surface area contributed by atoms with Crippen molar-refractivity contribution in [3.05, 3.63) is 94.5 Å². The predicted octanol–water partition coefficient (Wildman–Crippen LogP) is 5.63. The number of amides is 1. The SMILES string of the molecule is CC1(C)CC(=O)C2=C(C1)N(c1nnc(SCC(=O)Nc3ccc(C#N)cc3)s1)C(N)=C(C#N)C2/C=C/c1ccccc1. The van der Waals surface area contributed by atoms with Crippen LogP contribution in [-0.2, 0) is 9.59 Å². The standard InChI is InChI=1S/C31H27N7O2S2/c1-31(2)14-24-27(25(39)15-31)22(13-10-19-6-4-3-5-7-19)23(17-33)28(34)38(24)29-36-37-30(42-29)41-18-26(40)35-21-11-8-20(16-32)9-12-21/h3-13,22H,14-15,18,34H2,1-2H3,(H,35,40)/b13-10+. The fraction of sp³-hybridized carbons (Fsp3) is 0.226. The van der Waals surface area contributed by atoms with E-state index in [1.54, 1.807) is 29.2 Å². The lowest BCUT2D eigenvalue weighted by Gasteiger charge is -2.41. The molecule has 1 unspecified atom stereocenters. The summed E-state index contributed by atoms with van der Waals surface area (Å²) in [6, 6.07) is 20.6. The van der Waals surface area contributed by atoms with Gasteiger partial charge in [0.05, 0.1) is 29.0 Å². The number of ketones is 1. The Morgan fingerprint density at radius 2 is 1.88 bits per heavy atom. The number of benzene rings is 2. The molecule has 2 aromatic carbocycles. The van der Waals surface area contributed by atoms with E-state index in [9.17, 15) is 14.9 Å². The number of carbonyl (C=O) groups is 2. The number of thioether (sulfide) groups is 1. The van der Waals surface area contributed by atoms with Crippen molar-refractivity contribution in [3.63, 3.8) is 0 Å². The van der Waals surface area contributed by atoms with E-state index >= 15 is 0 Å². The van der Waals surface area contributed by atoms with Gasteiger partial charge in [0, 0.05) is 29.3 Å². The Morgan fingerprint density at radius 3 is 2.57 bits per heavy atom. The molecule has 3 aromatic rings. The number of allylic oxidation sites excluding steroid dienone is 4. The molecule has 1 aliphatic heterocycles. The van der Waals surface area contributed by atoms with Gasteiger partial charge in [0.1, 0.15) is 5.82 Å². The highest BCUT2D eigenvalue weighted by Crippen LogP contribution is 2.48. The van der Waals surface area contributed by atoms with E-state index in [1.165, 1.54) is 23.1 Å². The van der Waals surface area contributed by atoms with Crippen molar-refractivity contribution in [1.29, 1.82) is 10.5 Å². The van der Waals surface area contributed by atoms with Crippen LogP contribution in [0.2, 0.25) is 0 Å². The molecule has 42 heavy (non-hydrogen) atoms. The van der Waals surface area contributed by atoms with E-state index in [0.717, 1.165) is 11.3 Å². The molecule has 3 N–H and O–H groups in total. The molecule has 0 spiro atoms. The normalized spacial score (nSPS) is 18.0. The first-order valence-corrected chi connectivity index (χ1v) is 14.9. The lowest BCUT2D eigenvalue weighted by molar-refractivity contribution is -0.118. The Balaban J connectivity index is 1.41. The molecule has 210 valence electrons. The second kappa shape index (κ2) is 12.0. The topological polar surface area (TPSA) is 149 Å². The summed E-state index contributed by atoms with van der Waals surface area (Å²) in [5.41, 5.74) is 9.96. The van der Waals surface area contributed by atoms with E-state index in [1.807, 2.05) is 62.4 Å². The van der Waals surface area contributed by atoms with Gasteiger partial charge in [0.25, 0.3) is 0 Å². The van der Waals surface area contributed by atoms with E-state index in [-0.39, 0.29) is 34.3 Å². The molecule has 2 aliphatic rings. The largest absolute Gasteiger partial charge is 0.384 e. The molecule has 5 rings (SSSR count). The van der Waals surface area contributed by atoms with Crippen molar-refractivity contribution in [1.82, 2.24) is 10.2 Å². The molecule has 0 saturated carbocycles. The van der Waals surface area contributed by atoms with Crippen molar-refractivity contribution < 1.29 is 9.59 Å². The molecular formula is C31H27N7O2S2. The van der Waals surface area contributed by atoms with Crippen LogP contribution >= 0.6 is 23.1 Å². The Hall–Kier alpha value is -4.71. The molecule has 1 amide bonds. The number of rotatable bonds is 7. The number of nitrogens with two attached hydrogens (primary N) is 1. The zero-order valence-corrected chi connectivity index (χ0v) is 24.6. The molecule has 9 nitrogen and oxygen atoms in total. The van der Waals surface area contributed by atoms with Crippen molar-refractivity contribution in [3.8, 4) is 12.1 Å². The Labute approximate surface area is 252 Å². The highest BCUT2D eigenvalue weighted by molar-refractivity contribution is 8.01. The van der Waals surface area contributed by atoms with Gasteiger partial charge in [-0.1, -0.05) is 79.4 Å². The van der Waals surface area contributed by atoms with Gasteiger partial charge in [-0.3, -0.25) is 14.5 Å². The van der Waals surface area contributed by atoms with Gasteiger partial charge in [-0.2, -0.15) is 10.5 Å². The first kappa shape index (κ1) is 28.8. The molecule has 1 aromatic heterocycles. The zero-order chi connectivity index (χ0) is 29.9. The van der Waals surface area contributed by atoms with Crippen LogP contribution in [0.15, 0.2) is 87.7 Å². The minimum Gasteiger partial charge on any atom is -0.384 e. The van der Waals surface area contributed by atoms with Gasteiger partial charge < -0.3 is 11.1 Å². The van der Waals surface area contributed by atoms with E-state index < -0.39 is 5.92 Å². The highest BCUT2D eigenvalue weighted by Gasteiger charge is 2.44. The average Bonchev–Trinajstić information content (AvgIpc) is 3.43. The van der Waals surface area contributed by atoms with E-state index in [2.05, 4.69) is 21.6 Å². The Bertz CT molecular complexity index is 1710. The van der Waals surface area contributed by atoms with Crippen LogP contribution in [0, 0.1) is 34.0 Å². The van der Waals surface area contributed by atoms with Crippen molar-refractivity contribution >= 4 is 51.7 Å². The van der Waals surface area contributed by atoms with Gasteiger partial charge in [0.2, 0.25) is 11.0 Å². The summed E-state index contributed by atoms with van der Waals surface area (Å²) in [7, 11) is 0. The van der Waals surface area contributed by atoms with Crippen LogP contribution < -0.4 is 16.0 Å². The van der Waals surface area contributed by atoms with Crippen LogP contribution in [0.25, 0.3) is 6.08 Å². The summed E-state index contributed by atoms with van der Waals surface area (Å²) >= 11 is 2.46. The minimum atomic E-state index is -0.572. The average molecular weight is 594 g/mol. The van der Waals surface area contributed by atoms with E-state index in [4.69, 9.17) is 11.0 Å². The predicted molar refractivity (Wildman–Crippen MR) is 164 cm³/mol. The zero-order valence-electron chi connectivity index (χ0n) is 23.0. The second-order valence-electron chi connectivity index (χ2n) is 10.7. The molecule has 1 atom stereocenters.